The van der Waals surface area contributed by atoms with E-state index in [1.807, 2.05) is 13.0 Å². The van der Waals surface area contributed by atoms with Crippen molar-refractivity contribution in [2.75, 3.05) is 0 Å². The number of nitrogens with zero attached hydrogens (tertiary/aromatic N) is 2. The third-order valence-corrected chi connectivity index (χ3v) is 8.10. The number of rotatable bonds is 4. The van der Waals surface area contributed by atoms with Gasteiger partial charge >= 0.3 is 0 Å². The number of furan rings is 1. The second kappa shape index (κ2) is 9.31. The molecule has 0 N–H and O–H groups in total. The van der Waals surface area contributed by atoms with Gasteiger partial charge in [-0.1, -0.05) is 94.4 Å². The van der Waals surface area contributed by atoms with Crippen molar-refractivity contribution in [3.8, 4) is 22.4 Å². The van der Waals surface area contributed by atoms with Crippen LogP contribution in [0.15, 0.2) is 95.4 Å². The molecule has 0 bridgehead atoms. The van der Waals surface area contributed by atoms with Crippen LogP contribution >= 0.6 is 0 Å². The molecule has 7 rings (SSSR count). The lowest BCUT2D eigenvalue weighted by molar-refractivity contribution is 0.670. The number of para-hydroxylation sites is 1. The highest BCUT2D eigenvalue weighted by Crippen LogP contribution is 2.41. The normalized spacial score (nSPS) is 12.1. The van der Waals surface area contributed by atoms with Crippen molar-refractivity contribution in [3.05, 3.63) is 108 Å². The van der Waals surface area contributed by atoms with E-state index in [1.54, 1.807) is 0 Å². The molecule has 196 valence electrons. The van der Waals surface area contributed by atoms with Crippen LogP contribution in [0.4, 0.5) is 0 Å². The van der Waals surface area contributed by atoms with Crippen molar-refractivity contribution in [2.45, 2.75) is 46.5 Å². The summed E-state index contributed by atoms with van der Waals surface area (Å²) in [6.07, 6.45) is 0. The van der Waals surface area contributed by atoms with Gasteiger partial charge in [0.05, 0.1) is 11.2 Å². The number of aryl methyl sites for hydroxylation is 1. The van der Waals surface area contributed by atoms with Crippen LogP contribution in [0.1, 0.15) is 56.5 Å². The Balaban J connectivity index is 1.50. The molecule has 2 heterocycles. The topological polar surface area (TPSA) is 38.9 Å². The zero-order valence-electron chi connectivity index (χ0n) is 23.6. The van der Waals surface area contributed by atoms with Gasteiger partial charge in [-0.15, -0.1) is 0 Å². The lowest BCUT2D eigenvalue weighted by atomic mass is 9.88. The Morgan fingerprint density at radius 3 is 2.23 bits per heavy atom. The Morgan fingerprint density at radius 1 is 0.650 bits per heavy atom. The van der Waals surface area contributed by atoms with Crippen LogP contribution in [0, 0.1) is 6.92 Å². The highest BCUT2D eigenvalue weighted by Gasteiger charge is 2.20. The predicted molar refractivity (Wildman–Crippen MR) is 168 cm³/mol. The summed E-state index contributed by atoms with van der Waals surface area (Å²) in [6, 6.07) is 32.4. The zero-order valence-corrected chi connectivity index (χ0v) is 23.6. The molecule has 0 saturated carbocycles. The second-order valence-corrected chi connectivity index (χ2v) is 11.5. The summed E-state index contributed by atoms with van der Waals surface area (Å²) in [5, 5.41) is 5.73. The van der Waals surface area contributed by atoms with Gasteiger partial charge in [0.25, 0.3) is 0 Å². The van der Waals surface area contributed by atoms with Crippen molar-refractivity contribution in [1.82, 2.24) is 9.97 Å². The molecule has 2 aromatic heterocycles. The summed E-state index contributed by atoms with van der Waals surface area (Å²) in [5.41, 5.74) is 9.69. The molecule has 0 aliphatic rings. The maximum absolute atomic E-state index is 6.62. The SMILES string of the molecule is Cc1nc(-c2cccc3c2oc2cc(-c4ccccc4)ccc23)c2ccc3cc(C(C)C)cc(C(C)C)c3c2n1. The first-order chi connectivity index (χ1) is 19.4. The quantitative estimate of drug-likeness (QED) is 0.217. The van der Waals surface area contributed by atoms with E-state index in [1.165, 1.54) is 27.5 Å². The second-order valence-electron chi connectivity index (χ2n) is 11.5. The number of hydrogen-bond acceptors (Lipinski definition) is 3. The van der Waals surface area contributed by atoms with Crippen LogP contribution in [0.5, 0.6) is 0 Å². The molecule has 3 nitrogen and oxygen atoms in total. The molecule has 0 atom stereocenters. The molecule has 40 heavy (non-hydrogen) atoms. The molecular weight excluding hydrogens is 488 g/mol. The van der Waals surface area contributed by atoms with E-state index in [-0.39, 0.29) is 0 Å². The molecule has 0 saturated heterocycles. The van der Waals surface area contributed by atoms with Gasteiger partial charge in [-0.3, -0.25) is 0 Å². The first-order valence-electron chi connectivity index (χ1n) is 14.1. The molecule has 7 aromatic rings. The maximum Gasteiger partial charge on any atom is 0.144 e. The summed E-state index contributed by atoms with van der Waals surface area (Å²) < 4.78 is 6.62. The molecule has 0 amide bonds. The number of benzene rings is 5. The Kier molecular flexibility index (Phi) is 5.71. The van der Waals surface area contributed by atoms with Crippen molar-refractivity contribution in [3.63, 3.8) is 0 Å². The minimum absolute atomic E-state index is 0.378. The molecule has 5 aromatic carbocycles. The van der Waals surface area contributed by atoms with Crippen molar-refractivity contribution < 1.29 is 4.42 Å². The Morgan fingerprint density at radius 2 is 1.45 bits per heavy atom. The first-order valence-corrected chi connectivity index (χ1v) is 14.1. The first kappa shape index (κ1) is 24.5. The summed E-state index contributed by atoms with van der Waals surface area (Å²) in [6.45, 7) is 11.0. The van der Waals surface area contributed by atoms with Crippen molar-refractivity contribution in [1.29, 1.82) is 0 Å². The highest BCUT2D eigenvalue weighted by molar-refractivity contribution is 6.15. The van der Waals surface area contributed by atoms with Crippen LogP contribution in [0.2, 0.25) is 0 Å². The fraction of sp³-hybridized carbons (Fsp3) is 0.189. The number of hydrogen-bond donors (Lipinski definition) is 0. The van der Waals surface area contributed by atoms with Gasteiger partial charge < -0.3 is 4.42 Å². The standard InChI is InChI=1S/C37H32N2O/c1-21(2)27-18-26-15-17-30-35(38-23(5)39-36(30)34(26)32(19-27)22(3)4)31-13-9-12-29-28-16-14-25(20-33(28)40-37(29)31)24-10-7-6-8-11-24/h6-22H,1-5H3. The number of fused-ring (bicyclic) bond motifs is 6. The fourth-order valence-electron chi connectivity index (χ4n) is 6.01. The van der Waals surface area contributed by atoms with Crippen LogP contribution < -0.4 is 0 Å². The van der Waals surface area contributed by atoms with Gasteiger partial charge in [0, 0.05) is 27.1 Å². The van der Waals surface area contributed by atoms with Crippen molar-refractivity contribution >= 4 is 43.6 Å². The maximum atomic E-state index is 6.62. The van der Waals surface area contributed by atoms with Crippen LogP contribution in [-0.4, -0.2) is 9.97 Å². The molecule has 0 aliphatic carbocycles. The van der Waals surface area contributed by atoms with Gasteiger partial charge in [0.2, 0.25) is 0 Å². The van der Waals surface area contributed by atoms with E-state index in [0.717, 1.165) is 55.5 Å². The summed E-state index contributed by atoms with van der Waals surface area (Å²) in [4.78, 5) is 10.0. The molecule has 0 spiro atoms. The molecule has 0 fully saturated rings. The van der Waals surface area contributed by atoms with E-state index in [9.17, 15) is 0 Å². The average molecular weight is 521 g/mol. The Labute approximate surface area is 234 Å². The van der Waals surface area contributed by atoms with Gasteiger partial charge in [-0.2, -0.15) is 0 Å². The van der Waals surface area contributed by atoms with Crippen molar-refractivity contribution in [2.24, 2.45) is 0 Å². The van der Waals surface area contributed by atoms with Gasteiger partial charge in [-0.25, -0.2) is 9.97 Å². The third kappa shape index (κ3) is 3.88. The Bertz CT molecular complexity index is 2070. The lowest BCUT2D eigenvalue weighted by Gasteiger charge is -2.17. The van der Waals surface area contributed by atoms with Gasteiger partial charge in [-0.05, 0) is 70.7 Å². The fourth-order valence-corrected chi connectivity index (χ4v) is 6.01. The van der Waals surface area contributed by atoms with Gasteiger partial charge in [0.15, 0.2) is 0 Å². The summed E-state index contributed by atoms with van der Waals surface area (Å²) >= 11 is 0. The monoisotopic (exact) mass is 520 g/mol. The zero-order chi connectivity index (χ0) is 27.5. The average Bonchev–Trinajstić information content (AvgIpc) is 3.34. The van der Waals surface area contributed by atoms with Crippen LogP contribution in [0.3, 0.4) is 0 Å². The minimum Gasteiger partial charge on any atom is -0.455 e. The summed E-state index contributed by atoms with van der Waals surface area (Å²) in [5.74, 6) is 1.61. The highest BCUT2D eigenvalue weighted by atomic mass is 16.3. The molecule has 3 heteroatoms. The smallest absolute Gasteiger partial charge is 0.144 e. The summed E-state index contributed by atoms with van der Waals surface area (Å²) in [7, 11) is 0. The van der Waals surface area contributed by atoms with E-state index in [0.29, 0.717) is 11.8 Å². The van der Waals surface area contributed by atoms with Crippen LogP contribution in [-0.2, 0) is 0 Å². The number of aromatic nitrogens is 2. The molecular formula is C37H32N2O. The minimum atomic E-state index is 0.378. The van der Waals surface area contributed by atoms with E-state index >= 15 is 0 Å². The Hall–Kier alpha value is -4.50. The van der Waals surface area contributed by atoms with E-state index < -0.39 is 0 Å². The lowest BCUT2D eigenvalue weighted by Crippen LogP contribution is -2.00. The van der Waals surface area contributed by atoms with Gasteiger partial charge in [0.1, 0.15) is 17.0 Å². The molecule has 0 radical (unpaired) electrons. The molecule has 0 aliphatic heterocycles. The predicted octanol–water partition coefficient (Wildman–Crippen LogP) is 10.6. The van der Waals surface area contributed by atoms with E-state index in [2.05, 4.69) is 113 Å². The van der Waals surface area contributed by atoms with E-state index in [4.69, 9.17) is 14.4 Å². The van der Waals surface area contributed by atoms with Crippen LogP contribution in [0.25, 0.3) is 66.0 Å². The third-order valence-electron chi connectivity index (χ3n) is 8.10. The largest absolute Gasteiger partial charge is 0.455 e. The molecule has 0 unspecified atom stereocenters.